The third-order valence-electron chi connectivity index (χ3n) is 2.63. The van der Waals surface area contributed by atoms with Crippen LogP contribution < -0.4 is 0 Å². The Kier molecular flexibility index (Phi) is 2.13. The summed E-state index contributed by atoms with van der Waals surface area (Å²) in [4.78, 5) is 10.7. The maximum atomic E-state index is 12.8. The summed E-state index contributed by atoms with van der Waals surface area (Å²) >= 11 is 0. The molecule has 0 aliphatic heterocycles. The molecule has 1 unspecified atom stereocenters. The normalized spacial score (nSPS) is 20.8. The van der Waals surface area contributed by atoms with E-state index in [1.54, 1.807) is 12.1 Å². The first-order valence-corrected chi connectivity index (χ1v) is 4.55. The third kappa shape index (κ3) is 1.48. The molecule has 1 atom stereocenters. The molecule has 68 valence electrons. The van der Waals surface area contributed by atoms with Crippen molar-refractivity contribution in [2.24, 2.45) is 0 Å². The Hall–Kier alpha value is -1.18. The molecule has 2 rings (SSSR count). The number of rotatable bonds is 1. The van der Waals surface area contributed by atoms with Gasteiger partial charge < -0.3 is 4.79 Å². The molecule has 1 aliphatic rings. The number of benzene rings is 1. The average Bonchev–Trinajstić information content (AvgIpc) is 2.16. The second-order valence-electron chi connectivity index (χ2n) is 3.48. The number of carbonyl (C=O) groups excluding carboxylic acids is 1. The Bertz CT molecular complexity index is 333. The fourth-order valence-corrected chi connectivity index (χ4v) is 1.96. The largest absolute Gasteiger partial charge is 0.303 e. The van der Waals surface area contributed by atoms with Crippen LogP contribution in [0.15, 0.2) is 18.2 Å². The van der Waals surface area contributed by atoms with Crippen molar-refractivity contribution in [3.8, 4) is 0 Å². The van der Waals surface area contributed by atoms with E-state index < -0.39 is 0 Å². The summed E-state index contributed by atoms with van der Waals surface area (Å²) in [6.45, 7) is 0. The van der Waals surface area contributed by atoms with Crippen LogP contribution in [0.5, 0.6) is 0 Å². The van der Waals surface area contributed by atoms with Crippen LogP contribution in [-0.4, -0.2) is 6.29 Å². The van der Waals surface area contributed by atoms with Gasteiger partial charge in [0.2, 0.25) is 0 Å². The van der Waals surface area contributed by atoms with E-state index in [1.165, 1.54) is 6.07 Å². The highest BCUT2D eigenvalue weighted by Crippen LogP contribution is 2.30. The summed E-state index contributed by atoms with van der Waals surface area (Å²) < 4.78 is 12.8. The average molecular weight is 178 g/mol. The van der Waals surface area contributed by atoms with Gasteiger partial charge in [0.25, 0.3) is 0 Å². The van der Waals surface area contributed by atoms with E-state index >= 15 is 0 Å². The van der Waals surface area contributed by atoms with Crippen LogP contribution in [0.4, 0.5) is 4.39 Å². The second kappa shape index (κ2) is 3.29. The molecule has 1 aliphatic carbocycles. The minimum absolute atomic E-state index is 0.00986. The lowest BCUT2D eigenvalue weighted by atomic mass is 9.84. The van der Waals surface area contributed by atoms with Crippen molar-refractivity contribution >= 4 is 6.29 Å². The van der Waals surface area contributed by atoms with Gasteiger partial charge in [0.05, 0.1) is 0 Å². The van der Waals surface area contributed by atoms with Gasteiger partial charge in [-0.05, 0) is 42.5 Å². The lowest BCUT2D eigenvalue weighted by Crippen LogP contribution is -2.10. The molecular formula is C11H11FO. The molecule has 0 amide bonds. The number of aryl methyl sites for hydroxylation is 1. The summed E-state index contributed by atoms with van der Waals surface area (Å²) in [5.74, 6) is -0.213. The molecule has 0 fully saturated rings. The summed E-state index contributed by atoms with van der Waals surface area (Å²) in [6.07, 6.45) is 3.76. The van der Waals surface area contributed by atoms with E-state index in [-0.39, 0.29) is 11.7 Å². The highest BCUT2D eigenvalue weighted by molar-refractivity contribution is 5.64. The molecule has 2 heteroatoms. The Morgan fingerprint density at radius 1 is 1.46 bits per heavy atom. The van der Waals surface area contributed by atoms with E-state index in [9.17, 15) is 9.18 Å². The van der Waals surface area contributed by atoms with Gasteiger partial charge in [0, 0.05) is 5.92 Å². The van der Waals surface area contributed by atoms with Crippen LogP contribution >= 0.6 is 0 Å². The topological polar surface area (TPSA) is 17.1 Å². The van der Waals surface area contributed by atoms with E-state index in [0.29, 0.717) is 0 Å². The van der Waals surface area contributed by atoms with Gasteiger partial charge in [-0.1, -0.05) is 6.07 Å². The standard InChI is InChI=1S/C11H11FO/c12-10-4-5-11-8(6-10)2-1-3-9(11)7-13/h4-7,9H,1-3H2. The van der Waals surface area contributed by atoms with Crippen molar-refractivity contribution in [3.05, 3.63) is 35.1 Å². The van der Waals surface area contributed by atoms with Gasteiger partial charge in [-0.25, -0.2) is 4.39 Å². The van der Waals surface area contributed by atoms with Gasteiger partial charge in [-0.15, -0.1) is 0 Å². The summed E-state index contributed by atoms with van der Waals surface area (Å²) in [6, 6.07) is 4.72. The van der Waals surface area contributed by atoms with Crippen LogP contribution in [0, 0.1) is 5.82 Å². The number of halogens is 1. The molecule has 0 aromatic heterocycles. The molecule has 1 aromatic rings. The predicted octanol–water partition coefficient (Wildman–Crippen LogP) is 2.44. The van der Waals surface area contributed by atoms with Crippen molar-refractivity contribution in [1.29, 1.82) is 0 Å². The molecule has 1 aromatic carbocycles. The maximum Gasteiger partial charge on any atom is 0.127 e. The first-order valence-electron chi connectivity index (χ1n) is 4.55. The van der Waals surface area contributed by atoms with Gasteiger partial charge in [-0.3, -0.25) is 0 Å². The van der Waals surface area contributed by atoms with Crippen molar-refractivity contribution in [2.45, 2.75) is 25.2 Å². The van der Waals surface area contributed by atoms with Crippen molar-refractivity contribution in [1.82, 2.24) is 0 Å². The Morgan fingerprint density at radius 2 is 2.31 bits per heavy atom. The molecule has 0 saturated carbocycles. The molecule has 0 bridgehead atoms. The number of hydrogen-bond acceptors (Lipinski definition) is 1. The van der Waals surface area contributed by atoms with Gasteiger partial charge in [0.1, 0.15) is 12.1 Å². The van der Waals surface area contributed by atoms with Gasteiger partial charge in [0.15, 0.2) is 0 Å². The molecule has 0 N–H and O–H groups in total. The zero-order valence-corrected chi connectivity index (χ0v) is 7.29. The molecule has 0 heterocycles. The number of fused-ring (bicyclic) bond motifs is 1. The molecule has 0 saturated heterocycles. The van der Waals surface area contributed by atoms with E-state index in [0.717, 1.165) is 36.7 Å². The molecule has 0 spiro atoms. The van der Waals surface area contributed by atoms with E-state index in [1.807, 2.05) is 0 Å². The monoisotopic (exact) mass is 178 g/mol. The van der Waals surface area contributed by atoms with Crippen LogP contribution in [0.2, 0.25) is 0 Å². The zero-order valence-electron chi connectivity index (χ0n) is 7.29. The maximum absolute atomic E-state index is 12.8. The highest BCUT2D eigenvalue weighted by Gasteiger charge is 2.19. The second-order valence-corrected chi connectivity index (χ2v) is 3.48. The predicted molar refractivity (Wildman–Crippen MR) is 48.1 cm³/mol. The SMILES string of the molecule is O=CC1CCCc2cc(F)ccc21. The first-order chi connectivity index (χ1) is 6.31. The first kappa shape index (κ1) is 8.42. The van der Waals surface area contributed by atoms with Crippen LogP contribution in [0.3, 0.4) is 0 Å². The summed E-state index contributed by atoms with van der Waals surface area (Å²) in [5.41, 5.74) is 2.02. The zero-order chi connectivity index (χ0) is 9.26. The minimum Gasteiger partial charge on any atom is -0.303 e. The Labute approximate surface area is 76.6 Å². The minimum atomic E-state index is -0.203. The van der Waals surface area contributed by atoms with Crippen molar-refractivity contribution in [3.63, 3.8) is 0 Å². The molecule has 1 nitrogen and oxygen atoms in total. The highest BCUT2D eigenvalue weighted by atomic mass is 19.1. The lowest BCUT2D eigenvalue weighted by Gasteiger charge is -2.20. The van der Waals surface area contributed by atoms with Gasteiger partial charge in [-0.2, -0.15) is 0 Å². The Balaban J connectivity index is 2.45. The van der Waals surface area contributed by atoms with Crippen molar-refractivity contribution < 1.29 is 9.18 Å². The van der Waals surface area contributed by atoms with Crippen LogP contribution in [0.25, 0.3) is 0 Å². The van der Waals surface area contributed by atoms with E-state index in [2.05, 4.69) is 0 Å². The number of hydrogen-bond donors (Lipinski definition) is 0. The van der Waals surface area contributed by atoms with Gasteiger partial charge >= 0.3 is 0 Å². The fraction of sp³-hybridized carbons (Fsp3) is 0.364. The van der Waals surface area contributed by atoms with Crippen molar-refractivity contribution in [2.75, 3.05) is 0 Å². The lowest BCUT2D eigenvalue weighted by molar-refractivity contribution is -0.109. The smallest absolute Gasteiger partial charge is 0.127 e. The molecular weight excluding hydrogens is 167 g/mol. The van der Waals surface area contributed by atoms with Crippen LogP contribution in [0.1, 0.15) is 29.9 Å². The van der Waals surface area contributed by atoms with Crippen LogP contribution in [-0.2, 0) is 11.2 Å². The fourth-order valence-electron chi connectivity index (χ4n) is 1.96. The summed E-state index contributed by atoms with van der Waals surface area (Å²) in [5, 5.41) is 0. The Morgan fingerprint density at radius 3 is 3.08 bits per heavy atom. The van der Waals surface area contributed by atoms with E-state index in [4.69, 9.17) is 0 Å². The molecule has 13 heavy (non-hydrogen) atoms. The quantitative estimate of drug-likeness (QED) is 0.604. The number of aldehydes is 1. The third-order valence-corrected chi connectivity index (χ3v) is 2.63. The number of carbonyl (C=O) groups is 1. The molecule has 0 radical (unpaired) electrons. The summed E-state index contributed by atoms with van der Waals surface area (Å²) in [7, 11) is 0.